The van der Waals surface area contributed by atoms with Crippen LogP contribution in [-0.2, 0) is 19.9 Å². The van der Waals surface area contributed by atoms with Gasteiger partial charge in [0.1, 0.15) is 72.7 Å². The minimum atomic E-state index is -3.94. The van der Waals surface area contributed by atoms with Crippen molar-refractivity contribution in [2.24, 2.45) is 10.1 Å². The Labute approximate surface area is 568 Å². The molecule has 4 heterocycles. The van der Waals surface area contributed by atoms with Crippen LogP contribution in [0, 0.1) is 5.82 Å². The van der Waals surface area contributed by atoms with Gasteiger partial charge in [-0.3, -0.25) is 4.99 Å². The van der Waals surface area contributed by atoms with Crippen LogP contribution >= 0.6 is 0 Å². The molecule has 0 spiro atoms. The third-order valence-corrected chi connectivity index (χ3v) is 17.7. The van der Waals surface area contributed by atoms with Gasteiger partial charge in [-0.05, 0) is 204 Å². The smallest absolute Gasteiger partial charge is 0.339 e. The van der Waals surface area contributed by atoms with Crippen LogP contribution in [0.3, 0.4) is 0 Å². The van der Waals surface area contributed by atoms with Gasteiger partial charge in [-0.2, -0.15) is 0 Å². The Morgan fingerprint density at radius 2 is 0.778 bits per heavy atom. The van der Waals surface area contributed by atoms with E-state index in [1.54, 1.807) is 91.7 Å². The molecular formula is C79H60FN5O12S2. The van der Waals surface area contributed by atoms with E-state index in [1.807, 2.05) is 170 Å². The highest BCUT2D eigenvalue weighted by Gasteiger charge is 2.21. The summed E-state index contributed by atoms with van der Waals surface area (Å²) in [6, 6.07) is 72.0. The highest BCUT2D eigenvalue weighted by molar-refractivity contribution is 7.90. The number of aromatic nitrogens is 3. The zero-order valence-electron chi connectivity index (χ0n) is 52.6. The Balaban J connectivity index is 0.000000126. The number of aliphatic imine (C=N–C) groups is 1. The number of hydrogen-bond acceptors (Lipinski definition) is 11. The van der Waals surface area contributed by atoms with E-state index in [0.29, 0.717) is 41.0 Å². The van der Waals surface area contributed by atoms with Crippen molar-refractivity contribution < 1.29 is 60.0 Å². The molecule has 0 saturated heterocycles. The molecule has 14 aromatic rings. The lowest BCUT2D eigenvalue weighted by Gasteiger charge is -2.12. The number of aromatic amines is 3. The molecule has 20 heteroatoms. The molecule has 0 amide bonds. The molecule has 17 nitrogen and oxygen atoms in total. The van der Waals surface area contributed by atoms with Crippen molar-refractivity contribution in [3.8, 4) is 79.4 Å². The zero-order chi connectivity index (χ0) is 69.0. The zero-order valence-corrected chi connectivity index (χ0v) is 54.2. The van der Waals surface area contributed by atoms with E-state index >= 15 is 0 Å². The second-order valence-corrected chi connectivity index (χ2v) is 26.0. The number of benzene rings is 11. The largest absolute Gasteiger partial charge is 0.478 e. The first kappa shape index (κ1) is 66.4. The number of aromatic carboxylic acids is 2. The third-order valence-electron chi connectivity index (χ3n) is 15.7. The van der Waals surface area contributed by atoms with Gasteiger partial charge in [0.05, 0.1) is 6.54 Å². The molecule has 11 aromatic carbocycles. The monoisotopic (exact) mass is 1350 g/mol. The fourth-order valence-corrected chi connectivity index (χ4v) is 12.2. The molecule has 492 valence electrons. The third kappa shape index (κ3) is 16.6. The van der Waals surface area contributed by atoms with Gasteiger partial charge in [0, 0.05) is 49.7 Å². The Kier molecular flexibility index (Phi) is 19.8. The van der Waals surface area contributed by atoms with Gasteiger partial charge in [0.15, 0.2) is 9.84 Å². The number of sulfone groups is 1. The number of carboxylic acid groups (broad SMARTS) is 2. The summed E-state index contributed by atoms with van der Waals surface area (Å²) in [5, 5.41) is 30.7. The maximum Gasteiger partial charge on any atom is 0.339 e. The summed E-state index contributed by atoms with van der Waals surface area (Å²) in [6.07, 6.45) is 15.6. The lowest BCUT2D eigenvalue weighted by atomic mass is 10.0. The number of primary sulfonamides is 1. The van der Waals surface area contributed by atoms with Crippen LogP contribution in [0.25, 0.3) is 71.3 Å². The molecule has 0 aliphatic carbocycles. The van der Waals surface area contributed by atoms with Crippen LogP contribution in [0.2, 0.25) is 0 Å². The number of halogens is 1. The number of rotatable bonds is 16. The van der Waals surface area contributed by atoms with Gasteiger partial charge < -0.3 is 44.1 Å². The number of nitrogens with zero attached hydrogens (tertiary/aromatic N) is 1. The van der Waals surface area contributed by atoms with E-state index in [0.717, 1.165) is 76.8 Å². The molecule has 0 fully saturated rings. The van der Waals surface area contributed by atoms with Crippen LogP contribution in [0.5, 0.6) is 46.0 Å². The van der Waals surface area contributed by atoms with Crippen molar-refractivity contribution in [1.82, 2.24) is 15.0 Å². The van der Waals surface area contributed by atoms with Crippen LogP contribution in [0.15, 0.2) is 301 Å². The number of nitrogens with two attached hydrogens (primary N) is 1. The quantitative estimate of drug-likeness (QED) is 0.0527. The number of hydrogen-bond donors (Lipinski definition) is 6. The maximum absolute atomic E-state index is 12.9. The van der Waals surface area contributed by atoms with Gasteiger partial charge in [-0.15, -0.1) is 0 Å². The predicted molar refractivity (Wildman–Crippen MR) is 383 cm³/mol. The number of H-pyrrole nitrogens is 3. The topological polar surface area (TPSA) is 266 Å². The number of allylic oxidation sites excluding steroid dienone is 1. The first-order valence-corrected chi connectivity index (χ1v) is 34.1. The van der Waals surface area contributed by atoms with Gasteiger partial charge in [0.25, 0.3) is 0 Å². The van der Waals surface area contributed by atoms with Gasteiger partial charge >= 0.3 is 11.9 Å². The minimum Gasteiger partial charge on any atom is -0.478 e. The average molecular weight is 1350 g/mol. The molecular weight excluding hydrogens is 1290 g/mol. The summed E-state index contributed by atoms with van der Waals surface area (Å²) in [7, 11) is -7.39. The fourth-order valence-electron chi connectivity index (χ4n) is 10.7. The van der Waals surface area contributed by atoms with Crippen LogP contribution in [0.4, 0.5) is 4.39 Å². The summed E-state index contributed by atoms with van der Waals surface area (Å²) in [4.78, 5) is 36.2. The highest BCUT2D eigenvalue weighted by Crippen LogP contribution is 2.38. The van der Waals surface area contributed by atoms with E-state index in [-0.39, 0.29) is 38.2 Å². The molecule has 7 N–H and O–H groups in total. The Hall–Kier alpha value is -12.6. The second-order valence-electron chi connectivity index (χ2n) is 22.5. The molecule has 99 heavy (non-hydrogen) atoms. The highest BCUT2D eigenvalue weighted by atomic mass is 32.2. The lowest BCUT2D eigenvalue weighted by Crippen LogP contribution is -2.13. The first-order chi connectivity index (χ1) is 47.8. The summed E-state index contributed by atoms with van der Waals surface area (Å²) in [6.45, 7) is 0.603. The van der Waals surface area contributed by atoms with Crippen molar-refractivity contribution in [2.45, 2.75) is 9.79 Å². The molecule has 1 aliphatic rings. The number of sulfonamides is 1. The van der Waals surface area contributed by atoms with E-state index in [9.17, 15) is 41.0 Å². The minimum absolute atomic E-state index is 0.0445. The van der Waals surface area contributed by atoms with Gasteiger partial charge in [-0.25, -0.2) is 36.0 Å². The number of nitrogens with one attached hydrogen (secondary N) is 3. The molecule has 1 aliphatic heterocycles. The Morgan fingerprint density at radius 3 is 1.17 bits per heavy atom. The van der Waals surface area contributed by atoms with E-state index < -0.39 is 31.8 Å². The van der Waals surface area contributed by atoms with Crippen molar-refractivity contribution >= 4 is 75.9 Å². The van der Waals surface area contributed by atoms with Crippen molar-refractivity contribution in [1.29, 1.82) is 0 Å². The van der Waals surface area contributed by atoms with Crippen LogP contribution in [0.1, 0.15) is 26.3 Å². The average Bonchev–Trinajstić information content (AvgIpc) is 1.28. The molecule has 0 atom stereocenters. The number of fused-ring (bicyclic) bond motifs is 3. The first-order valence-electron chi connectivity index (χ1n) is 30.6. The van der Waals surface area contributed by atoms with Crippen molar-refractivity contribution in [2.75, 3.05) is 12.8 Å². The Morgan fingerprint density at radius 1 is 0.414 bits per heavy atom. The number of carboxylic acids is 2. The van der Waals surface area contributed by atoms with E-state index in [1.165, 1.54) is 36.6 Å². The summed E-state index contributed by atoms with van der Waals surface area (Å²) in [5.41, 5.74) is 6.93. The Bertz CT molecular complexity index is 5380. The molecule has 0 unspecified atom stereocenters. The van der Waals surface area contributed by atoms with Gasteiger partial charge in [0.2, 0.25) is 10.0 Å². The normalized spacial score (nSPS) is 11.7. The summed E-state index contributed by atoms with van der Waals surface area (Å²) >= 11 is 0. The summed E-state index contributed by atoms with van der Waals surface area (Å²) in [5.74, 6) is 0.681. The van der Waals surface area contributed by atoms with Crippen molar-refractivity contribution in [3.05, 3.63) is 308 Å². The molecule has 3 aromatic heterocycles. The fraction of sp³-hybridized carbons (Fsp3) is 0.0253. The van der Waals surface area contributed by atoms with Crippen LogP contribution in [-0.4, -0.2) is 73.0 Å². The maximum atomic E-state index is 12.9. The number of carbonyl (C=O) groups is 2. The molecule has 0 saturated carbocycles. The second kappa shape index (κ2) is 29.6. The SMILES string of the molecule is CS(=O)(=O)c1cc(-c2cc[nH]c2)ccc1Oc1ccc2ccccc2c1.NS(=O)(=O)c1cc(-c2cc[nH]c2)ccc1Oc1ccc2ccccc2c1.O=C(O)c1cc(-c2cc[nH]c2)ccc1Oc1ccc2ccccc2c1.O=C(O)c1cc(C2=CCN=C2)ccc1Oc1ccc(F)cc1. The van der Waals surface area contributed by atoms with Crippen LogP contribution < -0.4 is 24.1 Å². The summed E-state index contributed by atoms with van der Waals surface area (Å²) < 4.78 is 84.8. The van der Waals surface area contributed by atoms with Gasteiger partial charge in [-0.1, -0.05) is 121 Å². The van der Waals surface area contributed by atoms with E-state index in [4.69, 9.17) is 24.1 Å². The lowest BCUT2D eigenvalue weighted by molar-refractivity contribution is 0.0683. The number of ether oxygens (including phenoxy) is 4. The standard InChI is InChI=1S/C21H17NO3S.C21H15NO3.C20H16N2O3S.C17H12FNO3/c1-26(23,24)21-13-17(18-10-11-22-14-18)7-9-20(21)25-19-8-6-15-4-2-3-5-16(15)12-19;23-21(24)19-12-16(17-9-10-22-13-17)6-8-20(19)25-18-7-5-14-3-1-2-4-15(14)11-18;21-26(23,24)20-12-16(17-9-10-22-13-17)6-8-19(20)25-18-7-5-14-3-1-2-4-15(14)11-18;18-13-2-4-14(5-3-13)22-16-6-1-11(9-15(16)17(20)21)12-7-8-19-10-12/h2-14,22H,1H3;1-13,22H,(H,23,24);1-13,22H,(H2,21,23,24);1-7,9-10H,8H2,(H,20,21). The molecule has 0 radical (unpaired) electrons. The van der Waals surface area contributed by atoms with Crippen molar-refractivity contribution in [3.63, 3.8) is 0 Å². The molecule has 0 bridgehead atoms. The van der Waals surface area contributed by atoms with E-state index in [2.05, 4.69) is 19.9 Å². The predicted octanol–water partition coefficient (Wildman–Crippen LogP) is 18.4. The molecule has 15 rings (SSSR count).